The number of rotatable bonds is 3. The maximum absolute atomic E-state index is 5.44. The number of hydrogen-bond acceptors (Lipinski definition) is 1. The highest BCUT2D eigenvalue weighted by Crippen LogP contribution is 2.31. The van der Waals surface area contributed by atoms with Crippen LogP contribution < -0.4 is 0 Å². The summed E-state index contributed by atoms with van der Waals surface area (Å²) in [5.74, 6) is 0. The Bertz CT molecular complexity index is 352. The van der Waals surface area contributed by atoms with Gasteiger partial charge in [0, 0.05) is 0 Å². The molecule has 1 nitrogen and oxygen atoms in total. The van der Waals surface area contributed by atoms with Crippen molar-refractivity contribution in [1.82, 2.24) is 0 Å². The average molecular weight is 204 g/mol. The number of ether oxygens (including phenoxy) is 1. The molecule has 1 aromatic rings. The van der Waals surface area contributed by atoms with E-state index in [4.69, 9.17) is 4.74 Å². The maximum atomic E-state index is 5.44. The van der Waals surface area contributed by atoms with Crippen molar-refractivity contribution >= 4 is 0 Å². The summed E-state index contributed by atoms with van der Waals surface area (Å²) in [6.07, 6.45) is 2.48. The Balaban J connectivity index is 2.29. The molecule has 82 valence electrons. The van der Waals surface area contributed by atoms with Gasteiger partial charge in [-0.15, -0.1) is 0 Å². The zero-order valence-electron chi connectivity index (χ0n) is 9.97. The van der Waals surface area contributed by atoms with Gasteiger partial charge in [-0.3, -0.25) is 0 Å². The Hall–Kier alpha value is -0.820. The lowest BCUT2D eigenvalue weighted by molar-refractivity contribution is 0.134. The fourth-order valence-corrected chi connectivity index (χ4v) is 2.36. The van der Waals surface area contributed by atoms with Crippen molar-refractivity contribution in [1.29, 1.82) is 0 Å². The van der Waals surface area contributed by atoms with Gasteiger partial charge in [0.1, 0.15) is 0 Å². The highest BCUT2D eigenvalue weighted by Gasteiger charge is 2.21. The number of fused-ring (bicyclic) bond motifs is 1. The van der Waals surface area contributed by atoms with Crippen LogP contribution in [0.3, 0.4) is 0 Å². The molecular weight excluding hydrogens is 184 g/mol. The monoisotopic (exact) mass is 204 g/mol. The molecule has 1 heteroatoms. The molecule has 1 heterocycles. The second-order valence-electron chi connectivity index (χ2n) is 5.11. The molecule has 0 atom stereocenters. The minimum absolute atomic E-state index is 0.298. The van der Waals surface area contributed by atoms with Crippen LogP contribution >= 0.6 is 0 Å². The zero-order valence-corrected chi connectivity index (χ0v) is 9.97. The van der Waals surface area contributed by atoms with Gasteiger partial charge >= 0.3 is 0 Å². The number of hydrogen-bond donors (Lipinski definition) is 0. The molecule has 0 fully saturated rings. The molecule has 1 aliphatic rings. The lowest BCUT2D eigenvalue weighted by Crippen LogP contribution is -2.16. The van der Waals surface area contributed by atoms with Crippen molar-refractivity contribution in [2.75, 3.05) is 0 Å². The number of benzene rings is 1. The summed E-state index contributed by atoms with van der Waals surface area (Å²) < 4.78 is 5.44. The molecule has 1 aliphatic heterocycles. The van der Waals surface area contributed by atoms with Crippen molar-refractivity contribution < 1.29 is 4.74 Å². The van der Waals surface area contributed by atoms with E-state index in [1.165, 1.54) is 29.5 Å². The lowest BCUT2D eigenvalue weighted by atomic mass is 9.80. The molecule has 0 spiro atoms. The molecule has 0 unspecified atom stereocenters. The maximum Gasteiger partial charge on any atom is 0.0725 e. The van der Waals surface area contributed by atoms with Gasteiger partial charge in [-0.2, -0.15) is 0 Å². The van der Waals surface area contributed by atoms with Crippen LogP contribution in [-0.4, -0.2) is 0 Å². The Morgan fingerprint density at radius 3 is 2.67 bits per heavy atom. The van der Waals surface area contributed by atoms with Gasteiger partial charge in [-0.05, 0) is 28.5 Å². The van der Waals surface area contributed by atoms with E-state index in [0.29, 0.717) is 5.41 Å². The molecule has 0 saturated heterocycles. The predicted octanol–water partition coefficient (Wildman–Crippen LogP) is 3.79. The highest BCUT2D eigenvalue weighted by atomic mass is 16.5. The first kappa shape index (κ1) is 10.7. The minimum atomic E-state index is 0.298. The van der Waals surface area contributed by atoms with E-state index in [2.05, 4.69) is 39.0 Å². The van der Waals surface area contributed by atoms with Crippen LogP contribution in [0.15, 0.2) is 18.2 Å². The topological polar surface area (TPSA) is 9.23 Å². The molecule has 0 aliphatic carbocycles. The first-order valence-electron chi connectivity index (χ1n) is 5.83. The van der Waals surface area contributed by atoms with Crippen molar-refractivity contribution in [2.24, 2.45) is 0 Å². The Kier molecular flexibility index (Phi) is 2.83. The van der Waals surface area contributed by atoms with E-state index in [0.717, 1.165) is 13.2 Å². The van der Waals surface area contributed by atoms with Crippen LogP contribution in [0.5, 0.6) is 0 Å². The zero-order chi connectivity index (χ0) is 10.9. The summed E-state index contributed by atoms with van der Waals surface area (Å²) in [6.45, 7) is 8.50. The van der Waals surface area contributed by atoms with E-state index < -0.39 is 0 Å². The molecule has 0 saturated carbocycles. The van der Waals surface area contributed by atoms with Gasteiger partial charge in [0.05, 0.1) is 13.2 Å². The van der Waals surface area contributed by atoms with Crippen LogP contribution in [0.1, 0.15) is 50.3 Å². The second kappa shape index (κ2) is 3.97. The van der Waals surface area contributed by atoms with E-state index in [1.54, 1.807) is 0 Å². The molecule has 0 radical (unpaired) electrons. The van der Waals surface area contributed by atoms with Crippen molar-refractivity contribution in [3.05, 3.63) is 34.9 Å². The predicted molar refractivity (Wildman–Crippen MR) is 62.9 cm³/mol. The molecular formula is C14H20O. The van der Waals surface area contributed by atoms with Crippen LogP contribution in [0, 0.1) is 0 Å². The smallest absolute Gasteiger partial charge is 0.0725 e. The summed E-state index contributed by atoms with van der Waals surface area (Å²) >= 11 is 0. The quantitative estimate of drug-likeness (QED) is 0.727. The summed E-state index contributed by atoms with van der Waals surface area (Å²) in [5, 5.41) is 0. The molecule has 0 N–H and O–H groups in total. The summed E-state index contributed by atoms with van der Waals surface area (Å²) in [5.41, 5.74) is 4.50. The van der Waals surface area contributed by atoms with Crippen molar-refractivity contribution in [2.45, 2.75) is 52.2 Å². The highest BCUT2D eigenvalue weighted by molar-refractivity contribution is 5.36. The molecule has 15 heavy (non-hydrogen) atoms. The van der Waals surface area contributed by atoms with E-state index in [9.17, 15) is 0 Å². The summed E-state index contributed by atoms with van der Waals surface area (Å²) in [6, 6.07) is 6.83. The van der Waals surface area contributed by atoms with Gasteiger partial charge < -0.3 is 4.74 Å². The average Bonchev–Trinajstić information content (AvgIpc) is 2.63. The van der Waals surface area contributed by atoms with Gasteiger partial charge in [0.2, 0.25) is 0 Å². The molecule has 0 bridgehead atoms. The molecule has 1 aromatic carbocycles. The standard InChI is InChI=1S/C14H20O/c1-4-7-14(2,3)13-6-5-11-9-15-10-12(11)8-13/h5-6,8H,4,7,9-10H2,1-3H3. The van der Waals surface area contributed by atoms with Gasteiger partial charge in [-0.1, -0.05) is 45.4 Å². The largest absolute Gasteiger partial charge is 0.372 e. The minimum Gasteiger partial charge on any atom is -0.372 e. The molecule has 0 amide bonds. The fourth-order valence-electron chi connectivity index (χ4n) is 2.36. The lowest BCUT2D eigenvalue weighted by Gasteiger charge is -2.25. The Morgan fingerprint density at radius 2 is 1.93 bits per heavy atom. The van der Waals surface area contributed by atoms with Crippen molar-refractivity contribution in [3.8, 4) is 0 Å². The molecule has 2 rings (SSSR count). The third-order valence-electron chi connectivity index (χ3n) is 3.38. The van der Waals surface area contributed by atoms with E-state index >= 15 is 0 Å². The SMILES string of the molecule is CCCC(C)(C)c1ccc2c(c1)COC2. The van der Waals surface area contributed by atoms with Gasteiger partial charge in [-0.25, -0.2) is 0 Å². The first-order valence-corrected chi connectivity index (χ1v) is 5.83. The molecule has 0 aromatic heterocycles. The fraction of sp³-hybridized carbons (Fsp3) is 0.571. The Morgan fingerprint density at radius 1 is 1.20 bits per heavy atom. The normalized spacial score (nSPS) is 15.4. The van der Waals surface area contributed by atoms with Crippen molar-refractivity contribution in [3.63, 3.8) is 0 Å². The van der Waals surface area contributed by atoms with Gasteiger partial charge in [0.15, 0.2) is 0 Å². The van der Waals surface area contributed by atoms with E-state index in [-0.39, 0.29) is 0 Å². The second-order valence-corrected chi connectivity index (χ2v) is 5.11. The summed E-state index contributed by atoms with van der Waals surface area (Å²) in [7, 11) is 0. The van der Waals surface area contributed by atoms with Gasteiger partial charge in [0.25, 0.3) is 0 Å². The summed E-state index contributed by atoms with van der Waals surface area (Å²) in [4.78, 5) is 0. The third kappa shape index (κ3) is 2.07. The van der Waals surface area contributed by atoms with Crippen LogP contribution in [-0.2, 0) is 23.4 Å². The van der Waals surface area contributed by atoms with E-state index in [1.807, 2.05) is 0 Å². The third-order valence-corrected chi connectivity index (χ3v) is 3.38. The van der Waals surface area contributed by atoms with Crippen LogP contribution in [0.4, 0.5) is 0 Å². The van der Waals surface area contributed by atoms with Crippen LogP contribution in [0.25, 0.3) is 0 Å². The van der Waals surface area contributed by atoms with Crippen LogP contribution in [0.2, 0.25) is 0 Å². The first-order chi connectivity index (χ1) is 7.13. The Labute approximate surface area is 92.5 Å².